The van der Waals surface area contributed by atoms with Crippen LogP contribution in [-0.4, -0.2) is 6.69 Å². The first kappa shape index (κ1) is 17.8. The molecule has 0 radical (unpaired) electrons. The van der Waals surface area contributed by atoms with Crippen molar-refractivity contribution in [1.29, 1.82) is 0 Å². The van der Waals surface area contributed by atoms with E-state index in [0.717, 1.165) is 6.42 Å². The summed E-state index contributed by atoms with van der Waals surface area (Å²) < 4.78 is 0. The topological polar surface area (TPSA) is 0 Å². The van der Waals surface area contributed by atoms with Gasteiger partial charge in [0.2, 0.25) is 0 Å². The highest BCUT2D eigenvalue weighted by Gasteiger charge is 2.66. The minimum Gasteiger partial charge on any atom is -0.138 e. The van der Waals surface area contributed by atoms with E-state index in [4.69, 9.17) is 22.2 Å². The highest BCUT2D eigenvalue weighted by Crippen LogP contribution is 2.64. The van der Waals surface area contributed by atoms with Crippen LogP contribution < -0.4 is 0 Å². The lowest BCUT2D eigenvalue weighted by Crippen LogP contribution is -2.60. The summed E-state index contributed by atoms with van der Waals surface area (Å²) in [6.45, 7) is 6.33. The molecule has 1 aliphatic rings. The highest BCUT2D eigenvalue weighted by atomic mass is 35.7. The van der Waals surface area contributed by atoms with Crippen molar-refractivity contribution in [3.63, 3.8) is 0 Å². The summed E-state index contributed by atoms with van der Waals surface area (Å²) in [4.78, 5) is 0. The zero-order valence-corrected chi connectivity index (χ0v) is 17.2. The molecule has 0 aromatic heterocycles. The summed E-state index contributed by atoms with van der Waals surface area (Å²) >= 11 is 14.4. The molecule has 0 saturated carbocycles. The van der Waals surface area contributed by atoms with E-state index >= 15 is 0 Å². The molecule has 0 nitrogen and oxygen atoms in total. The van der Waals surface area contributed by atoms with E-state index in [-0.39, 0.29) is 10.5 Å². The lowest BCUT2D eigenvalue weighted by atomic mass is 9.76. The summed E-state index contributed by atoms with van der Waals surface area (Å²) in [5, 5.41) is 0.973. The van der Waals surface area contributed by atoms with E-state index in [2.05, 4.69) is 82.3 Å². The van der Waals surface area contributed by atoms with Crippen LogP contribution >= 0.6 is 22.2 Å². The van der Waals surface area contributed by atoms with E-state index in [9.17, 15) is 0 Å². The van der Waals surface area contributed by atoms with Gasteiger partial charge < -0.3 is 0 Å². The van der Waals surface area contributed by atoms with Crippen molar-refractivity contribution in [2.24, 2.45) is 5.41 Å². The maximum absolute atomic E-state index is 7.21. The van der Waals surface area contributed by atoms with E-state index in [1.54, 1.807) is 0 Å². The van der Waals surface area contributed by atoms with Crippen molar-refractivity contribution in [3.05, 3.63) is 77.4 Å². The normalized spacial score (nSPS) is 23.1. The van der Waals surface area contributed by atoms with Gasteiger partial charge in [0, 0.05) is 5.04 Å². The van der Waals surface area contributed by atoms with Crippen molar-refractivity contribution < 1.29 is 0 Å². The minimum absolute atomic E-state index is 0.140. The Labute approximate surface area is 155 Å². The van der Waals surface area contributed by atoms with Gasteiger partial charge >= 0.3 is 0 Å². The Morgan fingerprint density at radius 2 is 1.38 bits per heavy atom. The molecule has 0 N–H and O–H groups in total. The van der Waals surface area contributed by atoms with Gasteiger partial charge in [0.25, 0.3) is 6.69 Å². The SMILES string of the molecule is CC1=C(c2ccccc2)[Si](Cl)(Cl)C1(CC(C)(C)C)c1ccccc1. The molecule has 1 atom stereocenters. The second-order valence-electron chi connectivity index (χ2n) is 7.95. The van der Waals surface area contributed by atoms with Crippen molar-refractivity contribution in [3.8, 4) is 0 Å². The Morgan fingerprint density at radius 3 is 1.83 bits per heavy atom. The zero-order chi connectivity index (χ0) is 17.6. The van der Waals surface area contributed by atoms with Crippen LogP contribution in [0.4, 0.5) is 0 Å². The Kier molecular flexibility index (Phi) is 4.49. The lowest BCUT2D eigenvalue weighted by Gasteiger charge is -2.56. The number of rotatable bonds is 3. The number of benzene rings is 2. The molecular weight excluding hydrogens is 351 g/mol. The van der Waals surface area contributed by atoms with E-state index in [1.807, 2.05) is 6.07 Å². The first-order valence-corrected chi connectivity index (χ1v) is 12.4. The average Bonchev–Trinajstić information content (AvgIpc) is 2.53. The predicted octanol–water partition coefficient (Wildman–Crippen LogP) is 6.85. The van der Waals surface area contributed by atoms with Gasteiger partial charge in [0.15, 0.2) is 0 Å². The monoisotopic (exact) mass is 374 g/mol. The molecule has 3 heteroatoms. The van der Waals surface area contributed by atoms with Crippen molar-refractivity contribution in [1.82, 2.24) is 0 Å². The summed E-state index contributed by atoms with van der Waals surface area (Å²) in [5.41, 5.74) is 3.91. The minimum atomic E-state index is -2.69. The van der Waals surface area contributed by atoms with Crippen molar-refractivity contribution in [2.75, 3.05) is 0 Å². The molecule has 1 unspecified atom stereocenters. The maximum atomic E-state index is 7.21. The summed E-state index contributed by atoms with van der Waals surface area (Å²) in [7, 11) is 0. The standard InChI is InChI=1S/C21H24Cl2Si/c1-16-19(17-11-7-5-8-12-17)24(22,23)21(16,15-20(2,3)4)18-13-9-6-10-14-18/h5-14H,15H2,1-4H3. The summed E-state index contributed by atoms with van der Waals surface area (Å²) in [6, 6.07) is 21.0. The third kappa shape index (κ3) is 2.67. The molecular formula is C21H24Cl2Si. The van der Waals surface area contributed by atoms with Crippen LogP contribution in [0.15, 0.2) is 66.2 Å². The molecule has 0 fully saturated rings. The van der Waals surface area contributed by atoms with Crippen molar-refractivity contribution >= 4 is 34.0 Å². The third-order valence-electron chi connectivity index (χ3n) is 4.99. The molecule has 2 aromatic rings. The smallest absolute Gasteiger partial charge is 0.138 e. The largest absolute Gasteiger partial charge is 0.295 e. The highest BCUT2D eigenvalue weighted by molar-refractivity contribution is 7.55. The lowest BCUT2D eigenvalue weighted by molar-refractivity contribution is 0.329. The maximum Gasteiger partial charge on any atom is 0.295 e. The van der Waals surface area contributed by atoms with Crippen molar-refractivity contribution in [2.45, 2.75) is 39.2 Å². The molecule has 1 aliphatic heterocycles. The molecule has 1 heterocycles. The molecule has 24 heavy (non-hydrogen) atoms. The third-order valence-corrected chi connectivity index (χ3v) is 11.3. The average molecular weight is 375 g/mol. The Balaban J connectivity index is 2.23. The molecule has 0 saturated heterocycles. The van der Waals surface area contributed by atoms with E-state index < -0.39 is 6.69 Å². The van der Waals surface area contributed by atoms with Gasteiger partial charge in [-0.05, 0) is 35.1 Å². The van der Waals surface area contributed by atoms with Crippen LogP contribution in [0, 0.1) is 5.41 Å². The van der Waals surface area contributed by atoms with Crippen LogP contribution in [0.1, 0.15) is 45.2 Å². The van der Waals surface area contributed by atoms with Gasteiger partial charge in [0.1, 0.15) is 0 Å². The van der Waals surface area contributed by atoms with Gasteiger partial charge in [-0.1, -0.05) is 87.0 Å². The first-order valence-electron chi connectivity index (χ1n) is 8.41. The fraction of sp³-hybridized carbons (Fsp3) is 0.333. The van der Waals surface area contributed by atoms with Gasteiger partial charge in [-0.15, -0.1) is 22.2 Å². The number of halogens is 2. The van der Waals surface area contributed by atoms with Gasteiger partial charge in [0.05, 0.1) is 0 Å². The van der Waals surface area contributed by atoms with Crippen LogP contribution in [-0.2, 0) is 5.04 Å². The van der Waals surface area contributed by atoms with E-state index in [0.29, 0.717) is 0 Å². The van der Waals surface area contributed by atoms with Crippen LogP contribution in [0.3, 0.4) is 0 Å². The molecule has 0 bridgehead atoms. The van der Waals surface area contributed by atoms with Crippen LogP contribution in [0.5, 0.6) is 0 Å². The second-order valence-corrected chi connectivity index (χ2v) is 14.4. The number of hydrogen-bond acceptors (Lipinski definition) is 0. The predicted molar refractivity (Wildman–Crippen MR) is 109 cm³/mol. The Hall–Kier alpha value is -1.02. The molecule has 126 valence electrons. The van der Waals surface area contributed by atoms with Gasteiger partial charge in [-0.3, -0.25) is 0 Å². The van der Waals surface area contributed by atoms with Gasteiger partial charge in [-0.2, -0.15) is 0 Å². The quantitative estimate of drug-likeness (QED) is 0.407. The summed E-state index contributed by atoms with van der Waals surface area (Å²) in [6.07, 6.45) is 0.964. The Bertz CT molecular complexity index is 757. The molecule has 0 amide bonds. The molecule has 2 aromatic carbocycles. The molecule has 0 aliphatic carbocycles. The van der Waals surface area contributed by atoms with Gasteiger partial charge in [-0.25, -0.2) is 0 Å². The molecule has 3 rings (SSSR count). The van der Waals surface area contributed by atoms with Crippen LogP contribution in [0.25, 0.3) is 5.20 Å². The Morgan fingerprint density at radius 1 is 0.875 bits per heavy atom. The number of hydrogen-bond donors (Lipinski definition) is 0. The summed E-state index contributed by atoms with van der Waals surface area (Å²) in [5.74, 6) is 0. The first-order chi connectivity index (χ1) is 11.2. The number of allylic oxidation sites excluding steroid dienone is 1. The molecule has 0 spiro atoms. The second kappa shape index (κ2) is 6.05. The fourth-order valence-corrected chi connectivity index (χ4v) is 10.8. The van der Waals surface area contributed by atoms with E-state index in [1.165, 1.54) is 21.9 Å². The zero-order valence-electron chi connectivity index (χ0n) is 14.7. The van der Waals surface area contributed by atoms with Crippen LogP contribution in [0.2, 0.25) is 0 Å². The fourth-order valence-electron chi connectivity index (χ4n) is 4.10.